The number of carbonyl (C=O) groups excluding carboxylic acids is 1. The van der Waals surface area contributed by atoms with Gasteiger partial charge in [0.05, 0.1) is 16.3 Å². The number of anilines is 4. The van der Waals surface area contributed by atoms with Crippen LogP contribution >= 0.6 is 11.6 Å². The summed E-state index contributed by atoms with van der Waals surface area (Å²) in [6.45, 7) is 4.82. The first-order valence-electron chi connectivity index (χ1n) is 10.1. The molecule has 160 valence electrons. The molecule has 1 atom stereocenters. The number of piperazine rings is 1. The van der Waals surface area contributed by atoms with Crippen molar-refractivity contribution in [3.8, 4) is 0 Å². The number of nitrogens with one attached hydrogen (secondary N) is 3. The molecule has 3 aromatic rings. The molecule has 4 rings (SSSR count). The lowest BCUT2D eigenvalue weighted by Gasteiger charge is -2.32. The summed E-state index contributed by atoms with van der Waals surface area (Å²) in [6.07, 6.45) is 1.59. The van der Waals surface area contributed by atoms with Crippen molar-refractivity contribution in [3.63, 3.8) is 0 Å². The van der Waals surface area contributed by atoms with E-state index in [-0.39, 0.29) is 11.7 Å². The molecule has 1 aromatic heterocycles. The highest BCUT2D eigenvalue weighted by atomic mass is 35.5. The molecule has 1 aliphatic rings. The highest BCUT2D eigenvalue weighted by molar-refractivity contribution is 6.33. The topological polar surface area (TPSA) is 69.3 Å². The lowest BCUT2D eigenvalue weighted by atomic mass is 10.2. The minimum Gasteiger partial charge on any atom is -0.354 e. The molecule has 6 nitrogen and oxygen atoms in total. The maximum absolute atomic E-state index is 13.1. The normalized spacial score (nSPS) is 16.1. The van der Waals surface area contributed by atoms with E-state index >= 15 is 0 Å². The van der Waals surface area contributed by atoms with Crippen molar-refractivity contribution in [3.05, 3.63) is 77.2 Å². The van der Waals surface area contributed by atoms with E-state index < -0.39 is 0 Å². The monoisotopic (exact) mass is 439 g/mol. The number of aromatic nitrogens is 1. The van der Waals surface area contributed by atoms with Crippen LogP contribution in [-0.2, 0) is 0 Å². The molecule has 3 N–H and O–H groups in total. The fourth-order valence-electron chi connectivity index (χ4n) is 3.44. The Morgan fingerprint density at radius 1 is 1.16 bits per heavy atom. The molecule has 2 heterocycles. The molecule has 0 radical (unpaired) electrons. The van der Waals surface area contributed by atoms with Gasteiger partial charge in [-0.25, -0.2) is 9.37 Å². The zero-order chi connectivity index (χ0) is 21.8. The molecular formula is C23H23ClFN5O. The number of benzene rings is 2. The van der Waals surface area contributed by atoms with Crippen LogP contribution in [0.5, 0.6) is 0 Å². The molecule has 0 spiro atoms. The number of rotatable bonds is 5. The van der Waals surface area contributed by atoms with Crippen LogP contribution in [0.15, 0.2) is 60.8 Å². The SMILES string of the molecule is C[C@@H]1CN(c2ccc(C(=O)Nc3ccc(Cl)c(Nc4ccc(F)cc4)c3)cn2)CCN1. The van der Waals surface area contributed by atoms with Gasteiger partial charge in [0.25, 0.3) is 5.91 Å². The third-order valence-electron chi connectivity index (χ3n) is 5.05. The Morgan fingerprint density at radius 3 is 2.65 bits per heavy atom. The largest absolute Gasteiger partial charge is 0.354 e. The number of hydrogen-bond donors (Lipinski definition) is 3. The molecular weight excluding hydrogens is 417 g/mol. The van der Waals surface area contributed by atoms with Crippen molar-refractivity contribution in [1.82, 2.24) is 10.3 Å². The predicted molar refractivity (Wildman–Crippen MR) is 123 cm³/mol. The van der Waals surface area contributed by atoms with E-state index in [1.54, 1.807) is 42.6 Å². The summed E-state index contributed by atoms with van der Waals surface area (Å²) >= 11 is 6.26. The van der Waals surface area contributed by atoms with Gasteiger partial charge in [-0.15, -0.1) is 0 Å². The van der Waals surface area contributed by atoms with Crippen LogP contribution in [0.1, 0.15) is 17.3 Å². The summed E-state index contributed by atoms with van der Waals surface area (Å²) in [4.78, 5) is 19.3. The molecule has 8 heteroatoms. The van der Waals surface area contributed by atoms with E-state index in [2.05, 4.69) is 32.8 Å². The Morgan fingerprint density at radius 2 is 1.94 bits per heavy atom. The van der Waals surface area contributed by atoms with Crippen LogP contribution < -0.4 is 20.9 Å². The first-order valence-corrected chi connectivity index (χ1v) is 10.4. The Labute approximate surface area is 185 Å². The second-order valence-electron chi connectivity index (χ2n) is 7.49. The molecule has 0 saturated carbocycles. The summed E-state index contributed by atoms with van der Waals surface area (Å²) in [6, 6.07) is 15.1. The molecule has 1 amide bonds. The fourth-order valence-corrected chi connectivity index (χ4v) is 3.60. The lowest BCUT2D eigenvalue weighted by molar-refractivity contribution is 0.102. The molecule has 31 heavy (non-hydrogen) atoms. The molecule has 2 aromatic carbocycles. The average molecular weight is 440 g/mol. The highest BCUT2D eigenvalue weighted by Gasteiger charge is 2.17. The van der Waals surface area contributed by atoms with Gasteiger partial charge in [-0.05, 0) is 61.5 Å². The van der Waals surface area contributed by atoms with E-state index in [0.717, 1.165) is 25.5 Å². The van der Waals surface area contributed by atoms with Crippen LogP contribution in [0, 0.1) is 5.82 Å². The van der Waals surface area contributed by atoms with Crippen LogP contribution in [0.25, 0.3) is 0 Å². The predicted octanol–water partition coefficient (Wildman–Crippen LogP) is 4.67. The number of halogens is 2. The van der Waals surface area contributed by atoms with Crippen LogP contribution in [0.2, 0.25) is 5.02 Å². The minimum absolute atomic E-state index is 0.261. The van der Waals surface area contributed by atoms with Crippen molar-refractivity contribution < 1.29 is 9.18 Å². The molecule has 1 saturated heterocycles. The van der Waals surface area contributed by atoms with Gasteiger partial charge in [0.15, 0.2) is 0 Å². The smallest absolute Gasteiger partial charge is 0.257 e. The molecule has 1 fully saturated rings. The van der Waals surface area contributed by atoms with Crippen molar-refractivity contribution in [2.75, 3.05) is 35.2 Å². The molecule has 0 aliphatic carbocycles. The van der Waals surface area contributed by atoms with E-state index in [4.69, 9.17) is 11.6 Å². The van der Waals surface area contributed by atoms with Crippen molar-refractivity contribution in [2.24, 2.45) is 0 Å². The minimum atomic E-state index is -0.316. The Bertz CT molecular complexity index is 1060. The van der Waals surface area contributed by atoms with E-state index in [1.165, 1.54) is 12.1 Å². The van der Waals surface area contributed by atoms with Gasteiger partial charge in [0.1, 0.15) is 11.6 Å². The third kappa shape index (κ3) is 5.31. The van der Waals surface area contributed by atoms with E-state index in [1.807, 2.05) is 6.07 Å². The Kier molecular flexibility index (Phi) is 6.34. The summed E-state index contributed by atoms with van der Waals surface area (Å²) in [5.41, 5.74) is 2.34. The van der Waals surface area contributed by atoms with Crippen LogP contribution in [-0.4, -0.2) is 36.6 Å². The molecule has 1 aliphatic heterocycles. The van der Waals surface area contributed by atoms with Crippen molar-refractivity contribution >= 4 is 40.4 Å². The second kappa shape index (κ2) is 9.32. The van der Waals surface area contributed by atoms with Gasteiger partial charge in [-0.2, -0.15) is 0 Å². The Balaban J connectivity index is 1.44. The fraction of sp³-hybridized carbons (Fsp3) is 0.217. The second-order valence-corrected chi connectivity index (χ2v) is 7.89. The lowest BCUT2D eigenvalue weighted by Crippen LogP contribution is -2.49. The zero-order valence-corrected chi connectivity index (χ0v) is 17.8. The maximum Gasteiger partial charge on any atom is 0.257 e. The van der Waals surface area contributed by atoms with Crippen molar-refractivity contribution in [2.45, 2.75) is 13.0 Å². The first-order chi connectivity index (χ1) is 15.0. The number of carbonyl (C=O) groups is 1. The molecule has 0 bridgehead atoms. The zero-order valence-electron chi connectivity index (χ0n) is 17.0. The van der Waals surface area contributed by atoms with Gasteiger partial charge < -0.3 is 20.9 Å². The van der Waals surface area contributed by atoms with E-state index in [9.17, 15) is 9.18 Å². The van der Waals surface area contributed by atoms with Gasteiger partial charge >= 0.3 is 0 Å². The number of nitrogens with zero attached hydrogens (tertiary/aromatic N) is 2. The van der Waals surface area contributed by atoms with Gasteiger partial charge in [0, 0.05) is 43.2 Å². The highest BCUT2D eigenvalue weighted by Crippen LogP contribution is 2.29. The van der Waals surface area contributed by atoms with Gasteiger partial charge in [-0.3, -0.25) is 4.79 Å². The number of pyridine rings is 1. The summed E-state index contributed by atoms with van der Waals surface area (Å²) in [5, 5.41) is 9.88. The molecule has 0 unspecified atom stereocenters. The third-order valence-corrected chi connectivity index (χ3v) is 5.38. The van der Waals surface area contributed by atoms with Crippen LogP contribution in [0.3, 0.4) is 0 Å². The number of hydrogen-bond acceptors (Lipinski definition) is 5. The summed E-state index contributed by atoms with van der Waals surface area (Å²) in [7, 11) is 0. The average Bonchev–Trinajstić information content (AvgIpc) is 2.78. The Hall–Kier alpha value is -3.16. The van der Waals surface area contributed by atoms with Crippen molar-refractivity contribution in [1.29, 1.82) is 0 Å². The first kappa shape index (κ1) is 21.1. The summed E-state index contributed by atoms with van der Waals surface area (Å²) in [5.74, 6) is 0.286. The quantitative estimate of drug-likeness (QED) is 0.539. The van der Waals surface area contributed by atoms with Crippen LogP contribution in [0.4, 0.5) is 27.3 Å². The standard InChI is InChI=1S/C23H23ClFN5O/c1-15-14-30(11-10-26-15)22-9-2-16(13-27-22)23(31)29-19-7-8-20(24)21(12-19)28-18-5-3-17(25)4-6-18/h2-9,12-13,15,26,28H,10-11,14H2,1H3,(H,29,31)/t15-/m1/s1. The summed E-state index contributed by atoms with van der Waals surface area (Å²) < 4.78 is 13.1. The van der Waals surface area contributed by atoms with E-state index in [0.29, 0.717) is 33.7 Å². The maximum atomic E-state index is 13.1. The van der Waals surface area contributed by atoms with Gasteiger partial charge in [-0.1, -0.05) is 11.6 Å². The number of amides is 1. The van der Waals surface area contributed by atoms with Gasteiger partial charge in [0.2, 0.25) is 0 Å².